The van der Waals surface area contributed by atoms with Crippen LogP contribution in [-0.2, 0) is 17.0 Å². The second kappa shape index (κ2) is 8.26. The molecule has 1 N–H and O–H groups in total. The second-order valence-electron chi connectivity index (χ2n) is 6.26. The molecule has 0 spiro atoms. The molecular weight excluding hydrogens is 376 g/mol. The van der Waals surface area contributed by atoms with E-state index in [0.717, 1.165) is 22.4 Å². The predicted octanol–water partition coefficient (Wildman–Crippen LogP) is 4.38. The topological polar surface area (TPSA) is 94.1 Å². The molecule has 1 amide bonds. The summed E-state index contributed by atoms with van der Waals surface area (Å²) in [6, 6.07) is 15.3. The van der Waals surface area contributed by atoms with Crippen molar-refractivity contribution in [2.45, 2.75) is 30.7 Å². The number of para-hydroxylation sites is 2. The number of aryl methyl sites for hydroxylation is 2. The van der Waals surface area contributed by atoms with Gasteiger partial charge < -0.3 is 14.3 Å². The minimum Gasteiger partial charge on any atom is -0.431 e. The molecule has 0 aliphatic carbocycles. The third kappa shape index (κ3) is 4.58. The van der Waals surface area contributed by atoms with Gasteiger partial charge in [-0.2, -0.15) is 4.98 Å². The van der Waals surface area contributed by atoms with Gasteiger partial charge in [-0.05, 0) is 36.8 Å². The fourth-order valence-corrected chi connectivity index (χ4v) is 3.34. The number of oxazole rings is 1. The Morgan fingerprint density at radius 2 is 2.04 bits per heavy atom. The van der Waals surface area contributed by atoms with E-state index in [9.17, 15) is 4.79 Å². The number of nitrogens with zero attached hydrogens (tertiary/aromatic N) is 3. The number of aromatic nitrogens is 3. The van der Waals surface area contributed by atoms with E-state index in [1.807, 2.05) is 55.5 Å². The first-order valence-electron chi connectivity index (χ1n) is 8.82. The molecule has 0 radical (unpaired) electrons. The molecule has 8 heteroatoms. The van der Waals surface area contributed by atoms with Crippen LogP contribution in [0.5, 0.6) is 0 Å². The molecule has 0 fully saturated rings. The first kappa shape index (κ1) is 18.2. The Kier molecular flexibility index (Phi) is 5.38. The predicted molar refractivity (Wildman–Crippen MR) is 106 cm³/mol. The molecule has 4 rings (SSSR count). The van der Waals surface area contributed by atoms with Gasteiger partial charge in [0.05, 0.1) is 5.75 Å². The van der Waals surface area contributed by atoms with Gasteiger partial charge in [0.2, 0.25) is 11.8 Å². The zero-order valence-electron chi connectivity index (χ0n) is 15.2. The van der Waals surface area contributed by atoms with E-state index in [0.29, 0.717) is 29.1 Å². The van der Waals surface area contributed by atoms with Crippen molar-refractivity contribution in [3.63, 3.8) is 0 Å². The monoisotopic (exact) mass is 394 g/mol. The number of carbonyl (C=O) groups is 1. The van der Waals surface area contributed by atoms with Crippen LogP contribution in [0, 0.1) is 6.92 Å². The standard InChI is InChI=1S/C20H18N4O3S/c1-13-5-4-6-14(11-13)21-18(25)9-10-19-23-17(24-27-19)12-28-20-22-15-7-2-3-8-16(15)26-20/h2-8,11H,9-10,12H2,1H3,(H,21,25). The molecule has 2 aromatic heterocycles. The number of thioether (sulfide) groups is 1. The molecule has 0 bridgehead atoms. The smallest absolute Gasteiger partial charge is 0.257 e. The summed E-state index contributed by atoms with van der Waals surface area (Å²) in [6.45, 7) is 1.98. The van der Waals surface area contributed by atoms with Crippen LogP contribution in [0.15, 0.2) is 62.7 Å². The number of rotatable bonds is 7. The molecule has 4 aromatic rings. The number of amides is 1. The molecule has 2 heterocycles. The van der Waals surface area contributed by atoms with Crippen LogP contribution in [0.25, 0.3) is 11.1 Å². The largest absolute Gasteiger partial charge is 0.431 e. The number of anilines is 1. The van der Waals surface area contributed by atoms with Crippen LogP contribution in [0.4, 0.5) is 5.69 Å². The molecule has 0 unspecified atom stereocenters. The summed E-state index contributed by atoms with van der Waals surface area (Å²) >= 11 is 1.40. The van der Waals surface area contributed by atoms with Gasteiger partial charge >= 0.3 is 0 Å². The van der Waals surface area contributed by atoms with Crippen LogP contribution >= 0.6 is 11.8 Å². The maximum absolute atomic E-state index is 12.1. The summed E-state index contributed by atoms with van der Waals surface area (Å²) in [7, 11) is 0. The van der Waals surface area contributed by atoms with E-state index in [1.54, 1.807) is 0 Å². The van der Waals surface area contributed by atoms with Crippen LogP contribution in [-0.4, -0.2) is 21.0 Å². The Balaban J connectivity index is 1.27. The van der Waals surface area contributed by atoms with Gasteiger partial charge in [-0.1, -0.05) is 41.2 Å². The zero-order valence-corrected chi connectivity index (χ0v) is 16.0. The van der Waals surface area contributed by atoms with Gasteiger partial charge in [0.25, 0.3) is 5.22 Å². The van der Waals surface area contributed by atoms with E-state index in [1.165, 1.54) is 11.8 Å². The zero-order chi connectivity index (χ0) is 19.3. The molecule has 2 aromatic carbocycles. The Morgan fingerprint density at radius 1 is 1.14 bits per heavy atom. The van der Waals surface area contributed by atoms with Crippen LogP contribution in [0.1, 0.15) is 23.7 Å². The third-order valence-corrected chi connectivity index (χ3v) is 4.80. The highest BCUT2D eigenvalue weighted by atomic mass is 32.2. The molecule has 142 valence electrons. The molecule has 0 atom stereocenters. The number of benzene rings is 2. The average Bonchev–Trinajstić information content (AvgIpc) is 3.31. The molecule has 0 saturated carbocycles. The van der Waals surface area contributed by atoms with Crippen molar-refractivity contribution in [3.8, 4) is 0 Å². The molecular formula is C20H18N4O3S. The lowest BCUT2D eigenvalue weighted by molar-refractivity contribution is -0.116. The number of hydrogen-bond acceptors (Lipinski definition) is 7. The fraction of sp³-hybridized carbons (Fsp3) is 0.200. The Bertz CT molecular complexity index is 1070. The minimum atomic E-state index is -0.0915. The molecule has 7 nitrogen and oxygen atoms in total. The summed E-state index contributed by atoms with van der Waals surface area (Å²) in [5.74, 6) is 1.37. The highest BCUT2D eigenvalue weighted by Crippen LogP contribution is 2.25. The Morgan fingerprint density at radius 3 is 2.89 bits per heavy atom. The van der Waals surface area contributed by atoms with Gasteiger partial charge in [0.1, 0.15) is 5.52 Å². The van der Waals surface area contributed by atoms with Crippen LogP contribution in [0.3, 0.4) is 0 Å². The summed E-state index contributed by atoms with van der Waals surface area (Å²) in [5, 5.41) is 7.38. The second-order valence-corrected chi connectivity index (χ2v) is 7.18. The van der Waals surface area contributed by atoms with Gasteiger partial charge in [0.15, 0.2) is 11.4 Å². The Hall–Kier alpha value is -3.13. The van der Waals surface area contributed by atoms with Gasteiger partial charge in [-0.3, -0.25) is 4.79 Å². The highest BCUT2D eigenvalue weighted by molar-refractivity contribution is 7.98. The molecule has 0 saturated heterocycles. The molecule has 0 aliphatic rings. The summed E-state index contributed by atoms with van der Waals surface area (Å²) in [5.41, 5.74) is 3.44. The first-order chi connectivity index (χ1) is 13.7. The number of fused-ring (bicyclic) bond motifs is 1. The maximum atomic E-state index is 12.1. The minimum absolute atomic E-state index is 0.0915. The maximum Gasteiger partial charge on any atom is 0.257 e. The molecule has 28 heavy (non-hydrogen) atoms. The van der Waals surface area contributed by atoms with Crippen molar-refractivity contribution in [1.29, 1.82) is 0 Å². The van der Waals surface area contributed by atoms with Crippen molar-refractivity contribution >= 4 is 34.5 Å². The quantitative estimate of drug-likeness (QED) is 0.465. The first-order valence-corrected chi connectivity index (χ1v) is 9.80. The SMILES string of the molecule is Cc1cccc(NC(=O)CCc2nc(CSc3nc4ccccc4o3)no2)c1. The normalized spacial score (nSPS) is 11.0. The van der Waals surface area contributed by atoms with Crippen molar-refractivity contribution in [2.75, 3.05) is 5.32 Å². The highest BCUT2D eigenvalue weighted by Gasteiger charge is 2.12. The van der Waals surface area contributed by atoms with Gasteiger partial charge in [-0.15, -0.1) is 0 Å². The van der Waals surface area contributed by atoms with Crippen molar-refractivity contribution in [3.05, 3.63) is 65.8 Å². The molecule has 0 aliphatic heterocycles. The van der Waals surface area contributed by atoms with E-state index in [-0.39, 0.29) is 12.3 Å². The summed E-state index contributed by atoms with van der Waals surface area (Å²) in [4.78, 5) is 20.8. The Labute approximate surface area is 165 Å². The fourth-order valence-electron chi connectivity index (χ4n) is 2.66. The van der Waals surface area contributed by atoms with Crippen molar-refractivity contribution < 1.29 is 13.7 Å². The van der Waals surface area contributed by atoms with Gasteiger partial charge in [-0.25, -0.2) is 4.98 Å². The van der Waals surface area contributed by atoms with E-state index < -0.39 is 0 Å². The van der Waals surface area contributed by atoms with E-state index in [4.69, 9.17) is 8.94 Å². The lowest BCUT2D eigenvalue weighted by atomic mass is 10.2. The summed E-state index contributed by atoms with van der Waals surface area (Å²) in [6.07, 6.45) is 0.659. The average molecular weight is 394 g/mol. The van der Waals surface area contributed by atoms with Crippen LogP contribution in [0.2, 0.25) is 0 Å². The third-order valence-electron chi connectivity index (χ3n) is 3.98. The number of carbonyl (C=O) groups excluding carboxylic acids is 1. The van der Waals surface area contributed by atoms with Crippen molar-refractivity contribution in [1.82, 2.24) is 15.1 Å². The lowest BCUT2D eigenvalue weighted by Crippen LogP contribution is -2.12. The van der Waals surface area contributed by atoms with Crippen molar-refractivity contribution in [2.24, 2.45) is 0 Å². The van der Waals surface area contributed by atoms with Crippen LogP contribution < -0.4 is 5.32 Å². The van der Waals surface area contributed by atoms with E-state index >= 15 is 0 Å². The van der Waals surface area contributed by atoms with E-state index in [2.05, 4.69) is 20.4 Å². The number of nitrogens with one attached hydrogen (secondary N) is 1. The number of hydrogen-bond donors (Lipinski definition) is 1. The van der Waals surface area contributed by atoms with Gasteiger partial charge in [0, 0.05) is 18.5 Å². The summed E-state index contributed by atoms with van der Waals surface area (Å²) < 4.78 is 10.9. The lowest BCUT2D eigenvalue weighted by Gasteiger charge is -2.04.